The Balaban J connectivity index is 2.34. The molecular weight excluding hydrogens is 297 g/mol. The molecule has 0 radical (unpaired) electrons. The molecular formula is C15H13Cl2NO2. The van der Waals surface area contributed by atoms with Crippen molar-refractivity contribution in [3.05, 3.63) is 57.8 Å². The van der Waals surface area contributed by atoms with E-state index in [4.69, 9.17) is 27.9 Å². The van der Waals surface area contributed by atoms with Gasteiger partial charge in [0, 0.05) is 11.8 Å². The largest absolute Gasteiger partial charge is 0.492 e. The smallest absolute Gasteiger partial charge is 0.197 e. The molecule has 0 aliphatic heterocycles. The van der Waals surface area contributed by atoms with Gasteiger partial charge in [0.1, 0.15) is 5.75 Å². The molecule has 0 unspecified atom stereocenters. The van der Waals surface area contributed by atoms with E-state index in [0.29, 0.717) is 28.0 Å². The van der Waals surface area contributed by atoms with Crippen molar-refractivity contribution < 1.29 is 9.53 Å². The average molecular weight is 310 g/mol. The first-order valence-corrected chi connectivity index (χ1v) is 6.95. The van der Waals surface area contributed by atoms with Crippen LogP contribution in [0.2, 0.25) is 10.0 Å². The van der Waals surface area contributed by atoms with Crippen molar-refractivity contribution in [2.24, 2.45) is 0 Å². The van der Waals surface area contributed by atoms with Gasteiger partial charge in [-0.1, -0.05) is 36.2 Å². The van der Waals surface area contributed by atoms with Gasteiger partial charge in [-0.15, -0.1) is 0 Å². The molecule has 0 aliphatic carbocycles. The molecule has 5 heteroatoms. The summed E-state index contributed by atoms with van der Waals surface area (Å²) in [5.74, 6) is 0.288. The molecule has 0 amide bonds. The van der Waals surface area contributed by atoms with E-state index in [1.807, 2.05) is 6.92 Å². The van der Waals surface area contributed by atoms with Gasteiger partial charge in [-0.25, -0.2) is 0 Å². The molecule has 0 bridgehead atoms. The summed E-state index contributed by atoms with van der Waals surface area (Å²) in [6.07, 6.45) is 3.93. The fourth-order valence-electron chi connectivity index (χ4n) is 1.70. The molecule has 0 spiro atoms. The molecule has 0 saturated carbocycles. The highest BCUT2D eigenvalue weighted by atomic mass is 35.5. The van der Waals surface area contributed by atoms with Crippen molar-refractivity contribution in [3.63, 3.8) is 0 Å². The molecule has 1 aromatic heterocycles. The van der Waals surface area contributed by atoms with Crippen molar-refractivity contribution in [1.29, 1.82) is 0 Å². The molecule has 104 valence electrons. The maximum absolute atomic E-state index is 12.4. The lowest BCUT2D eigenvalue weighted by molar-refractivity contribution is 0.103. The topological polar surface area (TPSA) is 39.2 Å². The first kappa shape index (κ1) is 14.8. The number of ether oxygens (including phenoxy) is 1. The molecule has 2 aromatic rings. The van der Waals surface area contributed by atoms with Crippen LogP contribution in [0, 0.1) is 0 Å². The summed E-state index contributed by atoms with van der Waals surface area (Å²) < 4.78 is 5.46. The summed E-state index contributed by atoms with van der Waals surface area (Å²) in [6, 6.07) is 6.60. The third-order valence-electron chi connectivity index (χ3n) is 2.64. The van der Waals surface area contributed by atoms with Gasteiger partial charge in [0.2, 0.25) is 0 Å². The number of benzene rings is 1. The Morgan fingerprint density at radius 1 is 1.25 bits per heavy atom. The van der Waals surface area contributed by atoms with E-state index < -0.39 is 0 Å². The predicted molar refractivity (Wildman–Crippen MR) is 79.9 cm³/mol. The lowest BCUT2D eigenvalue weighted by Gasteiger charge is -2.08. The zero-order valence-electron chi connectivity index (χ0n) is 10.9. The monoisotopic (exact) mass is 309 g/mol. The minimum atomic E-state index is -0.268. The van der Waals surface area contributed by atoms with Crippen LogP contribution in [0.15, 0.2) is 36.7 Å². The highest BCUT2D eigenvalue weighted by molar-refractivity contribution is 6.41. The zero-order valence-corrected chi connectivity index (χ0v) is 12.4. The van der Waals surface area contributed by atoms with Crippen molar-refractivity contribution in [2.75, 3.05) is 6.61 Å². The number of pyridine rings is 1. The minimum Gasteiger partial charge on any atom is -0.492 e. The summed E-state index contributed by atoms with van der Waals surface area (Å²) >= 11 is 12.1. The summed E-state index contributed by atoms with van der Waals surface area (Å²) in [5.41, 5.74) is 0.680. The quantitative estimate of drug-likeness (QED) is 0.768. The first-order chi connectivity index (χ1) is 9.63. The number of halogens is 2. The predicted octanol–water partition coefficient (Wildman–Crippen LogP) is 4.41. The van der Waals surface area contributed by atoms with E-state index in [-0.39, 0.29) is 11.3 Å². The van der Waals surface area contributed by atoms with Crippen LogP contribution >= 0.6 is 23.2 Å². The lowest BCUT2D eigenvalue weighted by Crippen LogP contribution is -2.05. The van der Waals surface area contributed by atoms with Gasteiger partial charge in [-0.3, -0.25) is 9.78 Å². The van der Waals surface area contributed by atoms with E-state index in [1.54, 1.807) is 30.5 Å². The van der Waals surface area contributed by atoms with Crippen molar-refractivity contribution in [1.82, 2.24) is 4.98 Å². The summed E-state index contributed by atoms with van der Waals surface area (Å²) in [7, 11) is 0. The van der Waals surface area contributed by atoms with Gasteiger partial charge in [-0.2, -0.15) is 0 Å². The Morgan fingerprint density at radius 2 is 1.95 bits per heavy atom. The number of hydrogen-bond acceptors (Lipinski definition) is 3. The van der Waals surface area contributed by atoms with E-state index in [2.05, 4.69) is 4.98 Å². The molecule has 1 heterocycles. The molecule has 0 fully saturated rings. The van der Waals surface area contributed by atoms with E-state index >= 15 is 0 Å². The molecule has 0 saturated heterocycles. The fraction of sp³-hybridized carbons (Fsp3) is 0.200. The van der Waals surface area contributed by atoms with Crippen LogP contribution in [0.4, 0.5) is 0 Å². The fourth-order valence-corrected chi connectivity index (χ4v) is 2.27. The number of aromatic nitrogens is 1. The molecule has 0 atom stereocenters. The Hall–Kier alpha value is -1.58. The summed E-state index contributed by atoms with van der Waals surface area (Å²) in [4.78, 5) is 16.5. The second kappa shape index (κ2) is 6.73. The van der Waals surface area contributed by atoms with Crippen LogP contribution in [-0.2, 0) is 0 Å². The maximum Gasteiger partial charge on any atom is 0.197 e. The average Bonchev–Trinajstić information content (AvgIpc) is 2.45. The van der Waals surface area contributed by atoms with Gasteiger partial charge in [0.05, 0.1) is 28.4 Å². The third kappa shape index (κ3) is 3.30. The van der Waals surface area contributed by atoms with Gasteiger partial charge >= 0.3 is 0 Å². The molecule has 0 N–H and O–H groups in total. The van der Waals surface area contributed by atoms with Crippen LogP contribution in [0.25, 0.3) is 0 Å². The Morgan fingerprint density at radius 3 is 2.60 bits per heavy atom. The second-order valence-electron chi connectivity index (χ2n) is 4.18. The Bertz CT molecular complexity index is 609. The number of rotatable bonds is 5. The van der Waals surface area contributed by atoms with Crippen molar-refractivity contribution in [2.45, 2.75) is 13.3 Å². The summed E-state index contributed by atoms with van der Waals surface area (Å²) in [6.45, 7) is 2.58. The Kier molecular flexibility index (Phi) is 4.99. The zero-order chi connectivity index (χ0) is 14.5. The molecule has 20 heavy (non-hydrogen) atoms. The van der Waals surface area contributed by atoms with Crippen molar-refractivity contribution in [3.8, 4) is 5.75 Å². The number of nitrogens with zero attached hydrogens (tertiary/aromatic N) is 1. The summed E-state index contributed by atoms with van der Waals surface area (Å²) in [5, 5.41) is 0.643. The van der Waals surface area contributed by atoms with E-state index in [0.717, 1.165) is 6.42 Å². The number of carbonyl (C=O) groups is 1. The van der Waals surface area contributed by atoms with E-state index in [9.17, 15) is 4.79 Å². The van der Waals surface area contributed by atoms with Gasteiger partial charge in [0.15, 0.2) is 5.78 Å². The van der Waals surface area contributed by atoms with Gasteiger partial charge < -0.3 is 4.74 Å². The van der Waals surface area contributed by atoms with Crippen LogP contribution in [-0.4, -0.2) is 17.4 Å². The lowest BCUT2D eigenvalue weighted by atomic mass is 10.0. The van der Waals surface area contributed by atoms with Crippen LogP contribution < -0.4 is 4.74 Å². The third-order valence-corrected chi connectivity index (χ3v) is 3.27. The van der Waals surface area contributed by atoms with Crippen molar-refractivity contribution >= 4 is 29.0 Å². The maximum atomic E-state index is 12.4. The number of carbonyl (C=O) groups excluding carboxylic acids is 1. The van der Waals surface area contributed by atoms with Gasteiger partial charge in [-0.05, 0) is 24.6 Å². The van der Waals surface area contributed by atoms with E-state index in [1.165, 1.54) is 6.20 Å². The second-order valence-corrected chi connectivity index (χ2v) is 5.00. The molecule has 1 aromatic carbocycles. The highest BCUT2D eigenvalue weighted by Gasteiger charge is 2.17. The highest BCUT2D eigenvalue weighted by Crippen LogP contribution is 2.27. The van der Waals surface area contributed by atoms with Crippen LogP contribution in [0.1, 0.15) is 29.3 Å². The van der Waals surface area contributed by atoms with Crippen LogP contribution in [0.5, 0.6) is 5.75 Å². The van der Waals surface area contributed by atoms with Gasteiger partial charge in [0.25, 0.3) is 0 Å². The minimum absolute atomic E-state index is 0.268. The first-order valence-electron chi connectivity index (χ1n) is 6.20. The molecule has 2 rings (SSSR count). The van der Waals surface area contributed by atoms with Crippen LogP contribution in [0.3, 0.4) is 0 Å². The molecule has 0 aliphatic rings. The standard InChI is InChI=1S/C15H13Cl2NO2/c1-2-6-20-11-7-10(8-18-9-11)15(19)14-12(16)4-3-5-13(14)17/h3-5,7-9H,2,6H2,1H3. The number of ketones is 1. The normalized spacial score (nSPS) is 10.3. The Labute approximate surface area is 127 Å². The number of hydrogen-bond donors (Lipinski definition) is 0. The SMILES string of the molecule is CCCOc1cncc(C(=O)c2c(Cl)cccc2Cl)c1. The molecule has 3 nitrogen and oxygen atoms in total.